The number of fused-ring (bicyclic) bond motifs is 3. The summed E-state index contributed by atoms with van der Waals surface area (Å²) in [5, 5.41) is 2.28. The molecule has 2 aromatic heterocycles. The van der Waals surface area contributed by atoms with Gasteiger partial charge in [0.25, 0.3) is 0 Å². The van der Waals surface area contributed by atoms with Crippen molar-refractivity contribution in [3.8, 4) is 0 Å². The van der Waals surface area contributed by atoms with E-state index < -0.39 is 0 Å². The normalized spacial score (nSPS) is 12.4. The minimum absolute atomic E-state index is 0.999. The molecule has 0 bridgehead atoms. The predicted octanol–water partition coefficient (Wildman–Crippen LogP) is 3.33. The molecule has 0 unspecified atom stereocenters. The van der Waals surface area contributed by atoms with E-state index in [2.05, 4.69) is 38.5 Å². The Balaban J connectivity index is 0.000000170. The quantitative estimate of drug-likeness (QED) is 0.632. The molecule has 1 N–H and O–H groups in total. The van der Waals surface area contributed by atoms with Crippen molar-refractivity contribution >= 4 is 21.8 Å². The van der Waals surface area contributed by atoms with E-state index in [0.29, 0.717) is 0 Å². The monoisotopic (exact) mass is 263 g/mol. The number of aromatic nitrogens is 2. The van der Waals surface area contributed by atoms with Gasteiger partial charge in [0.2, 0.25) is 0 Å². The van der Waals surface area contributed by atoms with Crippen LogP contribution in [0.25, 0.3) is 21.8 Å². The number of rotatable bonds is 0. The smallest absolute Gasteiger partial charge is 0.119 e. The molecule has 20 heavy (non-hydrogen) atoms. The summed E-state index contributed by atoms with van der Waals surface area (Å²) in [6.07, 6.45) is 10.5. The lowest BCUT2D eigenvalue weighted by Gasteiger charge is -2.00. The van der Waals surface area contributed by atoms with Crippen molar-refractivity contribution in [1.29, 1.82) is 0 Å². The van der Waals surface area contributed by atoms with Crippen LogP contribution in [0.15, 0.2) is 73.4 Å². The summed E-state index contributed by atoms with van der Waals surface area (Å²) in [4.78, 5) is 13.2. The molecule has 1 aliphatic rings. The van der Waals surface area contributed by atoms with E-state index in [4.69, 9.17) is 0 Å². The van der Waals surface area contributed by atoms with Crippen LogP contribution in [-0.2, 0) is 4.84 Å². The fraction of sp³-hybridized carbons (Fsp3) is 0. The lowest BCUT2D eigenvalue weighted by atomic mass is 10.1. The maximum atomic E-state index is 4.55. The summed E-state index contributed by atoms with van der Waals surface area (Å²) in [6.45, 7) is 0. The highest BCUT2D eigenvalue weighted by molar-refractivity contribution is 6.03. The molecule has 0 radical (unpaired) electrons. The van der Waals surface area contributed by atoms with E-state index in [1.54, 1.807) is 24.7 Å². The number of hydrogen-bond acceptors (Lipinski definition) is 4. The van der Waals surface area contributed by atoms with Crippen LogP contribution in [0, 0.1) is 0 Å². The van der Waals surface area contributed by atoms with Crippen LogP contribution in [0.1, 0.15) is 0 Å². The summed E-state index contributed by atoms with van der Waals surface area (Å²) in [5.74, 6) is 0. The van der Waals surface area contributed by atoms with Gasteiger partial charge in [0.05, 0.1) is 11.0 Å². The minimum atomic E-state index is 0.999. The fourth-order valence-electron chi connectivity index (χ4n) is 1.95. The van der Waals surface area contributed by atoms with Gasteiger partial charge in [0.15, 0.2) is 0 Å². The average Bonchev–Trinajstić information content (AvgIpc) is 2.57. The summed E-state index contributed by atoms with van der Waals surface area (Å²) >= 11 is 0. The van der Waals surface area contributed by atoms with Gasteiger partial charge >= 0.3 is 0 Å². The number of pyridine rings is 2. The Morgan fingerprint density at radius 3 is 2.55 bits per heavy atom. The average molecular weight is 263 g/mol. The van der Waals surface area contributed by atoms with Crippen molar-refractivity contribution in [2.45, 2.75) is 0 Å². The van der Waals surface area contributed by atoms with Crippen LogP contribution >= 0.6 is 0 Å². The zero-order valence-corrected chi connectivity index (χ0v) is 10.7. The van der Waals surface area contributed by atoms with Crippen molar-refractivity contribution in [3.05, 3.63) is 73.4 Å². The molecule has 0 amide bonds. The molecule has 0 spiro atoms. The molecule has 98 valence electrons. The van der Waals surface area contributed by atoms with Crippen molar-refractivity contribution in [2.75, 3.05) is 0 Å². The third-order valence-corrected chi connectivity index (χ3v) is 2.84. The SMILES string of the molecule is C1=CNOC=C1.c1cnc2c(c1)ccc1ncccc12. The third-order valence-electron chi connectivity index (χ3n) is 2.84. The number of nitrogens with one attached hydrogen (secondary N) is 1. The van der Waals surface area contributed by atoms with Gasteiger partial charge in [-0.05, 0) is 36.4 Å². The van der Waals surface area contributed by atoms with E-state index >= 15 is 0 Å². The van der Waals surface area contributed by atoms with Crippen molar-refractivity contribution in [2.24, 2.45) is 0 Å². The van der Waals surface area contributed by atoms with Gasteiger partial charge in [0, 0.05) is 29.4 Å². The number of hydroxylamine groups is 1. The van der Waals surface area contributed by atoms with Crippen LogP contribution in [0.2, 0.25) is 0 Å². The first kappa shape index (κ1) is 12.2. The van der Waals surface area contributed by atoms with Gasteiger partial charge in [-0.25, -0.2) is 5.48 Å². The summed E-state index contributed by atoms with van der Waals surface area (Å²) < 4.78 is 0. The fourth-order valence-corrected chi connectivity index (χ4v) is 1.95. The summed E-state index contributed by atoms with van der Waals surface area (Å²) in [6, 6.07) is 12.1. The number of nitrogens with zero attached hydrogens (tertiary/aromatic N) is 2. The minimum Gasteiger partial charge on any atom is -0.391 e. The number of allylic oxidation sites excluding steroid dienone is 2. The number of hydrogen-bond donors (Lipinski definition) is 1. The molecule has 4 rings (SSSR count). The second-order valence-electron chi connectivity index (χ2n) is 4.13. The molecule has 1 aromatic carbocycles. The first-order chi connectivity index (χ1) is 9.95. The second-order valence-corrected chi connectivity index (χ2v) is 4.13. The van der Waals surface area contributed by atoms with Crippen molar-refractivity contribution < 1.29 is 4.84 Å². The highest BCUT2D eigenvalue weighted by Crippen LogP contribution is 2.20. The molecular formula is C16H13N3O. The largest absolute Gasteiger partial charge is 0.391 e. The van der Waals surface area contributed by atoms with Gasteiger partial charge in [-0.3, -0.25) is 9.97 Å². The molecule has 0 atom stereocenters. The van der Waals surface area contributed by atoms with Gasteiger partial charge in [-0.1, -0.05) is 12.1 Å². The summed E-state index contributed by atoms with van der Waals surface area (Å²) in [5.41, 5.74) is 4.54. The Bertz CT molecular complexity index is 714. The zero-order chi connectivity index (χ0) is 13.6. The van der Waals surface area contributed by atoms with Crippen LogP contribution in [0.3, 0.4) is 0 Å². The Kier molecular flexibility index (Phi) is 3.55. The molecule has 3 aromatic rings. The van der Waals surface area contributed by atoms with Crippen molar-refractivity contribution in [3.63, 3.8) is 0 Å². The highest BCUT2D eigenvalue weighted by atomic mass is 16.6. The molecule has 0 fully saturated rings. The topological polar surface area (TPSA) is 47.0 Å². The molecule has 0 aliphatic carbocycles. The van der Waals surface area contributed by atoms with Crippen molar-refractivity contribution in [1.82, 2.24) is 15.4 Å². The molecule has 0 saturated heterocycles. The first-order valence-electron chi connectivity index (χ1n) is 6.26. The molecule has 4 nitrogen and oxygen atoms in total. The van der Waals surface area contributed by atoms with Gasteiger partial charge in [0.1, 0.15) is 6.26 Å². The third kappa shape index (κ3) is 2.59. The molecule has 4 heteroatoms. The van der Waals surface area contributed by atoms with Crippen LogP contribution in [-0.4, -0.2) is 9.97 Å². The maximum absolute atomic E-state index is 4.55. The molecule has 0 saturated carbocycles. The standard InChI is InChI=1S/C12H8N2.C4H5NO/c1-3-9-5-6-11-10(4-2-7-13-11)12(9)14-8-1;1-2-4-6-5-3-1/h1-8H;1-5H. The molecular weight excluding hydrogens is 250 g/mol. The Morgan fingerprint density at radius 2 is 1.80 bits per heavy atom. The van der Waals surface area contributed by atoms with Gasteiger partial charge in [-0.2, -0.15) is 0 Å². The van der Waals surface area contributed by atoms with Crippen LogP contribution in [0.5, 0.6) is 0 Å². The molecule has 1 aliphatic heterocycles. The Labute approximate surface area is 116 Å². The van der Waals surface area contributed by atoms with E-state index in [0.717, 1.165) is 21.8 Å². The highest BCUT2D eigenvalue weighted by Gasteiger charge is 1.99. The first-order valence-corrected chi connectivity index (χ1v) is 6.26. The maximum Gasteiger partial charge on any atom is 0.119 e. The van der Waals surface area contributed by atoms with E-state index in [1.165, 1.54) is 0 Å². The van der Waals surface area contributed by atoms with Gasteiger partial charge in [-0.15, -0.1) is 0 Å². The summed E-state index contributed by atoms with van der Waals surface area (Å²) in [7, 11) is 0. The Morgan fingerprint density at radius 1 is 0.900 bits per heavy atom. The predicted molar refractivity (Wildman–Crippen MR) is 79.5 cm³/mol. The lowest BCUT2D eigenvalue weighted by molar-refractivity contribution is 0.172. The second kappa shape index (κ2) is 5.84. The Hall–Kier alpha value is -2.88. The number of benzene rings is 1. The lowest BCUT2D eigenvalue weighted by Crippen LogP contribution is -2.01. The van der Waals surface area contributed by atoms with E-state index in [-0.39, 0.29) is 0 Å². The zero-order valence-electron chi connectivity index (χ0n) is 10.7. The molecule has 3 heterocycles. The van der Waals surface area contributed by atoms with E-state index in [9.17, 15) is 0 Å². The van der Waals surface area contributed by atoms with Gasteiger partial charge < -0.3 is 4.84 Å². The van der Waals surface area contributed by atoms with E-state index in [1.807, 2.05) is 30.5 Å². The van der Waals surface area contributed by atoms with Crippen LogP contribution in [0.4, 0.5) is 0 Å². The van der Waals surface area contributed by atoms with Crippen LogP contribution < -0.4 is 5.48 Å².